The fourth-order valence-electron chi connectivity index (χ4n) is 3.02. The zero-order valence-electron chi connectivity index (χ0n) is 12.6. The number of amides is 3. The summed E-state index contributed by atoms with van der Waals surface area (Å²) in [6.07, 6.45) is 0.516. The summed E-state index contributed by atoms with van der Waals surface area (Å²) in [5.74, 6) is -0.559. The van der Waals surface area contributed by atoms with E-state index in [4.69, 9.17) is 4.74 Å². The minimum atomic E-state index is -0.877. The molecule has 0 aromatic heterocycles. The second-order valence-corrected chi connectivity index (χ2v) is 5.36. The number of hydrogen-bond donors (Lipinski definition) is 0. The summed E-state index contributed by atoms with van der Waals surface area (Å²) in [5.41, 5.74) is -0.877. The van der Waals surface area contributed by atoms with Crippen molar-refractivity contribution in [3.05, 3.63) is 0 Å². The van der Waals surface area contributed by atoms with Gasteiger partial charge in [-0.3, -0.25) is 19.4 Å². The third-order valence-corrected chi connectivity index (χ3v) is 4.16. The van der Waals surface area contributed by atoms with Crippen LogP contribution in [0.5, 0.6) is 0 Å². The molecule has 0 aromatic carbocycles. The second kappa shape index (κ2) is 5.98. The predicted molar refractivity (Wildman–Crippen MR) is 72.6 cm³/mol. The lowest BCUT2D eigenvalue weighted by molar-refractivity contribution is -0.142. The van der Waals surface area contributed by atoms with E-state index in [1.54, 1.807) is 12.0 Å². The van der Waals surface area contributed by atoms with Crippen LogP contribution in [0.25, 0.3) is 0 Å². The molecule has 2 aliphatic heterocycles. The van der Waals surface area contributed by atoms with Gasteiger partial charge in [-0.25, -0.2) is 4.79 Å². The molecule has 0 bridgehead atoms. The Morgan fingerprint density at radius 2 is 2.05 bits per heavy atom. The van der Waals surface area contributed by atoms with E-state index in [-0.39, 0.29) is 24.5 Å². The van der Waals surface area contributed by atoms with Gasteiger partial charge in [0.1, 0.15) is 5.54 Å². The van der Waals surface area contributed by atoms with Crippen molar-refractivity contribution in [2.75, 3.05) is 54.1 Å². The number of carbonyl (C=O) groups excluding carboxylic acids is 3. The lowest BCUT2D eigenvalue weighted by atomic mass is 9.97. The molecule has 2 saturated heterocycles. The van der Waals surface area contributed by atoms with Gasteiger partial charge in [0, 0.05) is 33.8 Å². The number of likely N-dealkylation sites (N-methyl/N-ethyl adjacent to an activating group) is 1. The third kappa shape index (κ3) is 2.60. The summed E-state index contributed by atoms with van der Waals surface area (Å²) in [5, 5.41) is 0. The number of hydrogen-bond acceptors (Lipinski definition) is 6. The van der Waals surface area contributed by atoms with Crippen LogP contribution in [0, 0.1) is 0 Å². The lowest BCUT2D eigenvalue weighted by Gasteiger charge is -2.31. The van der Waals surface area contributed by atoms with Gasteiger partial charge < -0.3 is 14.4 Å². The van der Waals surface area contributed by atoms with E-state index >= 15 is 0 Å². The SMILES string of the molecule is COCCN1C(=O)N(C)C(=O)C12CCN(CC(=O)OC)C2. The molecule has 8 nitrogen and oxygen atoms in total. The summed E-state index contributed by atoms with van der Waals surface area (Å²) in [7, 11) is 4.37. The van der Waals surface area contributed by atoms with Crippen LogP contribution in [-0.2, 0) is 19.1 Å². The summed E-state index contributed by atoms with van der Waals surface area (Å²) >= 11 is 0. The normalized spacial score (nSPS) is 26.2. The van der Waals surface area contributed by atoms with Gasteiger partial charge in [-0.2, -0.15) is 0 Å². The zero-order valence-corrected chi connectivity index (χ0v) is 12.6. The number of urea groups is 1. The average molecular weight is 299 g/mol. The first-order chi connectivity index (χ1) is 9.96. The van der Waals surface area contributed by atoms with E-state index in [2.05, 4.69) is 4.74 Å². The van der Waals surface area contributed by atoms with Crippen molar-refractivity contribution < 1.29 is 23.9 Å². The maximum atomic E-state index is 12.5. The molecule has 0 aromatic rings. The molecule has 118 valence electrons. The van der Waals surface area contributed by atoms with Gasteiger partial charge in [0.05, 0.1) is 20.3 Å². The zero-order chi connectivity index (χ0) is 15.6. The second-order valence-electron chi connectivity index (χ2n) is 5.36. The van der Waals surface area contributed by atoms with Crippen LogP contribution in [0.2, 0.25) is 0 Å². The molecular formula is C13H21N3O5. The minimum Gasteiger partial charge on any atom is -0.468 e. The molecule has 0 N–H and O–H groups in total. The molecule has 2 aliphatic rings. The number of esters is 1. The van der Waals surface area contributed by atoms with Gasteiger partial charge in [-0.05, 0) is 6.42 Å². The number of carbonyl (C=O) groups is 3. The topological polar surface area (TPSA) is 79.4 Å². The van der Waals surface area contributed by atoms with Crippen LogP contribution < -0.4 is 0 Å². The molecule has 8 heteroatoms. The van der Waals surface area contributed by atoms with Gasteiger partial charge in [0.2, 0.25) is 0 Å². The van der Waals surface area contributed by atoms with Gasteiger partial charge in [0.15, 0.2) is 0 Å². The Kier molecular flexibility index (Phi) is 4.48. The van der Waals surface area contributed by atoms with Crippen LogP contribution >= 0.6 is 0 Å². The van der Waals surface area contributed by atoms with Crippen molar-refractivity contribution in [3.63, 3.8) is 0 Å². The molecule has 1 atom stereocenters. The smallest absolute Gasteiger partial charge is 0.327 e. The monoisotopic (exact) mass is 299 g/mol. The van der Waals surface area contributed by atoms with Crippen molar-refractivity contribution >= 4 is 17.9 Å². The van der Waals surface area contributed by atoms with Crippen molar-refractivity contribution in [3.8, 4) is 0 Å². The fourth-order valence-corrected chi connectivity index (χ4v) is 3.02. The van der Waals surface area contributed by atoms with E-state index in [0.717, 1.165) is 4.90 Å². The number of likely N-dealkylation sites (tertiary alicyclic amines) is 1. The van der Waals surface area contributed by atoms with E-state index < -0.39 is 5.54 Å². The molecule has 3 amide bonds. The highest BCUT2D eigenvalue weighted by molar-refractivity contribution is 6.07. The quantitative estimate of drug-likeness (QED) is 0.486. The molecule has 0 saturated carbocycles. The number of imide groups is 1. The van der Waals surface area contributed by atoms with E-state index in [9.17, 15) is 14.4 Å². The van der Waals surface area contributed by atoms with Gasteiger partial charge in [0.25, 0.3) is 5.91 Å². The van der Waals surface area contributed by atoms with Crippen LogP contribution in [-0.4, -0.2) is 92.2 Å². The fraction of sp³-hybridized carbons (Fsp3) is 0.769. The summed E-state index contributed by atoms with van der Waals surface area (Å²) < 4.78 is 9.67. The molecule has 0 aliphatic carbocycles. The third-order valence-electron chi connectivity index (χ3n) is 4.16. The first-order valence-corrected chi connectivity index (χ1v) is 6.84. The molecule has 0 radical (unpaired) electrons. The highest BCUT2D eigenvalue weighted by atomic mass is 16.5. The average Bonchev–Trinajstić information content (AvgIpc) is 2.96. The van der Waals surface area contributed by atoms with Crippen LogP contribution in [0.3, 0.4) is 0 Å². The number of nitrogens with zero attached hydrogens (tertiary/aromatic N) is 3. The first kappa shape index (κ1) is 15.7. The van der Waals surface area contributed by atoms with E-state index in [1.807, 2.05) is 4.90 Å². The van der Waals surface area contributed by atoms with E-state index in [1.165, 1.54) is 14.2 Å². The Balaban J connectivity index is 2.16. The standard InChI is InChI=1S/C13H21N3O5/c1-14-11(18)13(16(12(14)19)6-7-20-2)4-5-15(9-13)8-10(17)21-3/h4-9H2,1-3H3. The van der Waals surface area contributed by atoms with Crippen LogP contribution in [0.4, 0.5) is 4.79 Å². The lowest BCUT2D eigenvalue weighted by Crippen LogP contribution is -2.53. The van der Waals surface area contributed by atoms with E-state index in [0.29, 0.717) is 32.7 Å². The highest BCUT2D eigenvalue weighted by Crippen LogP contribution is 2.35. The molecule has 1 spiro atoms. The largest absolute Gasteiger partial charge is 0.468 e. The van der Waals surface area contributed by atoms with Gasteiger partial charge >= 0.3 is 12.0 Å². The Bertz CT molecular complexity index is 455. The number of methoxy groups -OCH3 is 2. The summed E-state index contributed by atoms with van der Waals surface area (Å²) in [6.45, 7) is 1.77. The molecule has 2 rings (SSSR count). The van der Waals surface area contributed by atoms with Crippen molar-refractivity contribution in [2.45, 2.75) is 12.0 Å². The van der Waals surface area contributed by atoms with Gasteiger partial charge in [-0.15, -0.1) is 0 Å². The van der Waals surface area contributed by atoms with Crippen LogP contribution in [0.15, 0.2) is 0 Å². The van der Waals surface area contributed by atoms with Crippen LogP contribution in [0.1, 0.15) is 6.42 Å². The predicted octanol–water partition coefficient (Wildman–Crippen LogP) is -0.856. The number of ether oxygens (including phenoxy) is 2. The minimum absolute atomic E-state index is 0.127. The maximum Gasteiger partial charge on any atom is 0.327 e. The Morgan fingerprint density at radius 1 is 1.33 bits per heavy atom. The molecule has 2 heterocycles. The maximum absolute atomic E-state index is 12.5. The number of rotatable bonds is 5. The van der Waals surface area contributed by atoms with Crippen molar-refractivity contribution in [2.24, 2.45) is 0 Å². The molecule has 1 unspecified atom stereocenters. The summed E-state index contributed by atoms with van der Waals surface area (Å²) in [6, 6.07) is -0.308. The summed E-state index contributed by atoms with van der Waals surface area (Å²) in [4.78, 5) is 40.7. The Labute approximate surface area is 123 Å². The van der Waals surface area contributed by atoms with Gasteiger partial charge in [-0.1, -0.05) is 0 Å². The Hall–Kier alpha value is -1.67. The van der Waals surface area contributed by atoms with Crippen molar-refractivity contribution in [1.82, 2.24) is 14.7 Å². The highest BCUT2D eigenvalue weighted by Gasteiger charge is 2.58. The molecular weight excluding hydrogens is 278 g/mol. The van der Waals surface area contributed by atoms with Crippen molar-refractivity contribution in [1.29, 1.82) is 0 Å². The molecule has 2 fully saturated rings. The first-order valence-electron chi connectivity index (χ1n) is 6.84. The molecule has 21 heavy (non-hydrogen) atoms. The Morgan fingerprint density at radius 3 is 2.67 bits per heavy atom.